The molecule has 3 nitrogen and oxygen atoms in total. The molecule has 0 unspecified atom stereocenters. The zero-order valence-electron chi connectivity index (χ0n) is 9.44. The van der Waals surface area contributed by atoms with Crippen LogP contribution in [0.2, 0.25) is 0 Å². The topological polar surface area (TPSA) is 40.5 Å². The Hall–Kier alpha value is -1.72. The number of nitrogens with zero attached hydrogens (tertiary/aromatic N) is 1. The highest BCUT2D eigenvalue weighted by Crippen LogP contribution is 2.31. The Labute approximate surface area is 102 Å². The summed E-state index contributed by atoms with van der Waals surface area (Å²) in [6.07, 6.45) is -3.21. The molecule has 1 fully saturated rings. The third-order valence-corrected chi connectivity index (χ3v) is 2.69. The van der Waals surface area contributed by atoms with E-state index in [2.05, 4.69) is 0 Å². The van der Waals surface area contributed by atoms with E-state index in [1.165, 1.54) is 24.3 Å². The standard InChI is InChI=1S/C12H12F3NO2/c13-12(14,15)7-16(9-4-5-9)11(18)8-2-1-3-10(17)6-8/h1-3,6,9,17H,4-5,7H2. The largest absolute Gasteiger partial charge is 0.508 e. The first-order valence-corrected chi connectivity index (χ1v) is 5.53. The molecule has 0 bridgehead atoms. The predicted octanol–water partition coefficient (Wildman–Crippen LogP) is 2.56. The molecule has 6 heteroatoms. The Kier molecular flexibility index (Phi) is 3.19. The van der Waals surface area contributed by atoms with Crippen LogP contribution in [-0.2, 0) is 0 Å². The van der Waals surface area contributed by atoms with Crippen molar-refractivity contribution in [3.63, 3.8) is 0 Å². The van der Waals surface area contributed by atoms with Gasteiger partial charge in [0.05, 0.1) is 0 Å². The summed E-state index contributed by atoms with van der Waals surface area (Å²) in [5, 5.41) is 9.24. The van der Waals surface area contributed by atoms with Crippen molar-refractivity contribution in [1.29, 1.82) is 0 Å². The number of hydrogen-bond acceptors (Lipinski definition) is 2. The molecule has 0 atom stereocenters. The molecule has 1 aliphatic carbocycles. The van der Waals surface area contributed by atoms with E-state index in [4.69, 9.17) is 0 Å². The lowest BCUT2D eigenvalue weighted by Gasteiger charge is -2.23. The second-order valence-corrected chi connectivity index (χ2v) is 4.33. The number of carbonyl (C=O) groups excluding carboxylic acids is 1. The highest BCUT2D eigenvalue weighted by atomic mass is 19.4. The second kappa shape index (κ2) is 4.51. The van der Waals surface area contributed by atoms with Gasteiger partial charge in [-0.1, -0.05) is 6.07 Å². The third kappa shape index (κ3) is 3.15. The number of hydrogen-bond donors (Lipinski definition) is 1. The molecule has 1 aromatic rings. The van der Waals surface area contributed by atoms with Crippen molar-refractivity contribution < 1.29 is 23.1 Å². The van der Waals surface area contributed by atoms with Gasteiger partial charge in [0.1, 0.15) is 12.3 Å². The number of amides is 1. The number of aromatic hydroxyl groups is 1. The minimum Gasteiger partial charge on any atom is -0.508 e. The Balaban J connectivity index is 2.18. The predicted molar refractivity (Wildman–Crippen MR) is 58.2 cm³/mol. The van der Waals surface area contributed by atoms with Gasteiger partial charge in [-0.2, -0.15) is 13.2 Å². The van der Waals surface area contributed by atoms with E-state index < -0.39 is 18.6 Å². The highest BCUT2D eigenvalue weighted by molar-refractivity contribution is 5.95. The van der Waals surface area contributed by atoms with Crippen LogP contribution in [-0.4, -0.2) is 34.7 Å². The fraction of sp³-hybridized carbons (Fsp3) is 0.417. The molecule has 1 aromatic carbocycles. The molecule has 0 saturated heterocycles. The van der Waals surface area contributed by atoms with Crippen LogP contribution in [0.5, 0.6) is 5.75 Å². The quantitative estimate of drug-likeness (QED) is 0.906. The molecular weight excluding hydrogens is 247 g/mol. The maximum atomic E-state index is 12.4. The van der Waals surface area contributed by atoms with E-state index in [0.717, 1.165) is 4.90 Å². The molecule has 0 spiro atoms. The van der Waals surface area contributed by atoms with Crippen molar-refractivity contribution in [2.24, 2.45) is 0 Å². The first kappa shape index (κ1) is 12.7. The van der Waals surface area contributed by atoms with Gasteiger partial charge in [-0.05, 0) is 31.0 Å². The van der Waals surface area contributed by atoms with E-state index >= 15 is 0 Å². The number of phenols is 1. The molecule has 1 amide bonds. The van der Waals surface area contributed by atoms with Crippen LogP contribution >= 0.6 is 0 Å². The zero-order valence-corrected chi connectivity index (χ0v) is 9.44. The normalized spacial score (nSPS) is 15.5. The van der Waals surface area contributed by atoms with Gasteiger partial charge in [0.2, 0.25) is 0 Å². The fourth-order valence-corrected chi connectivity index (χ4v) is 1.75. The number of benzene rings is 1. The molecule has 0 radical (unpaired) electrons. The zero-order chi connectivity index (χ0) is 13.3. The average Bonchev–Trinajstić information content (AvgIpc) is 3.07. The van der Waals surface area contributed by atoms with Crippen LogP contribution in [0, 0.1) is 0 Å². The summed E-state index contributed by atoms with van der Waals surface area (Å²) < 4.78 is 37.2. The Morgan fingerprint density at radius 1 is 1.39 bits per heavy atom. The first-order chi connectivity index (χ1) is 8.37. The minimum atomic E-state index is -4.41. The van der Waals surface area contributed by atoms with Crippen molar-refractivity contribution in [2.75, 3.05) is 6.54 Å². The van der Waals surface area contributed by atoms with E-state index in [-0.39, 0.29) is 17.4 Å². The summed E-state index contributed by atoms with van der Waals surface area (Å²) in [6.45, 7) is -1.24. The Morgan fingerprint density at radius 2 is 2.06 bits per heavy atom. The summed E-state index contributed by atoms with van der Waals surface area (Å²) in [5.41, 5.74) is 0.0751. The molecule has 1 aliphatic rings. The van der Waals surface area contributed by atoms with Crippen LogP contribution in [0.3, 0.4) is 0 Å². The van der Waals surface area contributed by atoms with Gasteiger partial charge in [-0.15, -0.1) is 0 Å². The van der Waals surface area contributed by atoms with Crippen LogP contribution < -0.4 is 0 Å². The number of phenolic OH excluding ortho intramolecular Hbond substituents is 1. The fourth-order valence-electron chi connectivity index (χ4n) is 1.75. The van der Waals surface area contributed by atoms with Gasteiger partial charge < -0.3 is 10.0 Å². The lowest BCUT2D eigenvalue weighted by molar-refractivity contribution is -0.141. The maximum Gasteiger partial charge on any atom is 0.406 e. The maximum absolute atomic E-state index is 12.4. The number of alkyl halides is 3. The lowest BCUT2D eigenvalue weighted by atomic mass is 10.2. The van der Waals surface area contributed by atoms with Crippen molar-refractivity contribution >= 4 is 5.91 Å². The molecule has 0 aromatic heterocycles. The minimum absolute atomic E-state index is 0.0751. The van der Waals surface area contributed by atoms with Crippen molar-refractivity contribution in [3.05, 3.63) is 29.8 Å². The SMILES string of the molecule is O=C(c1cccc(O)c1)N(CC(F)(F)F)C1CC1. The number of carbonyl (C=O) groups is 1. The van der Waals surface area contributed by atoms with Gasteiger partial charge in [-0.25, -0.2) is 0 Å². The average molecular weight is 259 g/mol. The van der Waals surface area contributed by atoms with Gasteiger partial charge in [-0.3, -0.25) is 4.79 Å². The lowest BCUT2D eigenvalue weighted by Crippen LogP contribution is -2.40. The van der Waals surface area contributed by atoms with Gasteiger partial charge in [0, 0.05) is 11.6 Å². The van der Waals surface area contributed by atoms with Crippen molar-refractivity contribution in [1.82, 2.24) is 4.90 Å². The molecule has 1 saturated carbocycles. The Bertz CT molecular complexity index is 455. The molecule has 98 valence electrons. The summed E-state index contributed by atoms with van der Waals surface area (Å²) >= 11 is 0. The summed E-state index contributed by atoms with van der Waals surface area (Å²) in [7, 11) is 0. The third-order valence-electron chi connectivity index (χ3n) is 2.69. The van der Waals surface area contributed by atoms with E-state index in [1.54, 1.807) is 0 Å². The molecule has 1 N–H and O–H groups in total. The second-order valence-electron chi connectivity index (χ2n) is 4.33. The summed E-state index contributed by atoms with van der Waals surface area (Å²) in [4.78, 5) is 12.8. The van der Waals surface area contributed by atoms with Gasteiger partial charge in [0.25, 0.3) is 5.91 Å². The molecule has 0 heterocycles. The van der Waals surface area contributed by atoms with Gasteiger partial charge in [0.15, 0.2) is 0 Å². The smallest absolute Gasteiger partial charge is 0.406 e. The van der Waals surface area contributed by atoms with Crippen LogP contribution in [0.15, 0.2) is 24.3 Å². The molecular formula is C12H12F3NO2. The number of rotatable bonds is 3. The Morgan fingerprint density at radius 3 is 2.56 bits per heavy atom. The summed E-state index contributed by atoms with van der Waals surface area (Å²) in [5.74, 6) is -0.825. The van der Waals surface area contributed by atoms with Crippen molar-refractivity contribution in [2.45, 2.75) is 25.1 Å². The number of halogens is 3. The molecule has 18 heavy (non-hydrogen) atoms. The van der Waals surface area contributed by atoms with Crippen LogP contribution in [0.1, 0.15) is 23.2 Å². The van der Waals surface area contributed by atoms with E-state index in [9.17, 15) is 23.1 Å². The van der Waals surface area contributed by atoms with Crippen LogP contribution in [0.4, 0.5) is 13.2 Å². The summed E-state index contributed by atoms with van der Waals surface area (Å²) in [6, 6.07) is 5.03. The molecule has 2 rings (SSSR count). The van der Waals surface area contributed by atoms with E-state index in [1.807, 2.05) is 0 Å². The first-order valence-electron chi connectivity index (χ1n) is 5.53. The monoisotopic (exact) mass is 259 g/mol. The van der Waals surface area contributed by atoms with Crippen LogP contribution in [0.25, 0.3) is 0 Å². The van der Waals surface area contributed by atoms with Crippen molar-refractivity contribution in [3.8, 4) is 5.75 Å². The van der Waals surface area contributed by atoms with Gasteiger partial charge >= 0.3 is 6.18 Å². The molecule has 0 aliphatic heterocycles. The van der Waals surface area contributed by atoms with E-state index in [0.29, 0.717) is 12.8 Å². The highest BCUT2D eigenvalue weighted by Gasteiger charge is 2.40.